The van der Waals surface area contributed by atoms with Gasteiger partial charge >= 0.3 is 5.97 Å². The average Bonchev–Trinajstić information content (AvgIpc) is 2.32. The second-order valence-corrected chi connectivity index (χ2v) is 5.28. The zero-order chi connectivity index (χ0) is 12.7. The highest BCUT2D eigenvalue weighted by Crippen LogP contribution is 2.14. The molecule has 1 aromatic heterocycles. The van der Waals surface area contributed by atoms with Crippen LogP contribution in [0.5, 0.6) is 0 Å². The number of H-pyrrole nitrogens is 1. The maximum atomic E-state index is 11.4. The third-order valence-electron chi connectivity index (χ3n) is 1.78. The normalized spacial score (nSPS) is 10.2. The number of thioether (sulfide) groups is 2. The molecule has 17 heavy (non-hydrogen) atoms. The molecule has 0 aromatic carbocycles. The SMILES string of the molecule is CCSCc1cc(=O)[nH]c(SCC(=O)OC)n1. The van der Waals surface area contributed by atoms with Gasteiger partial charge in [-0.3, -0.25) is 9.59 Å². The zero-order valence-corrected chi connectivity index (χ0v) is 11.3. The number of aromatic amines is 1. The molecule has 0 aliphatic rings. The Morgan fingerprint density at radius 3 is 3.00 bits per heavy atom. The fraction of sp³-hybridized carbons (Fsp3) is 0.500. The third-order valence-corrected chi connectivity index (χ3v) is 3.54. The minimum absolute atomic E-state index is 0.143. The van der Waals surface area contributed by atoms with Gasteiger partial charge in [-0.1, -0.05) is 18.7 Å². The predicted molar refractivity (Wildman–Crippen MR) is 69.4 cm³/mol. The molecule has 94 valence electrons. The van der Waals surface area contributed by atoms with Crippen LogP contribution < -0.4 is 5.56 Å². The Morgan fingerprint density at radius 1 is 1.59 bits per heavy atom. The number of rotatable bonds is 6. The van der Waals surface area contributed by atoms with Crippen LogP contribution in [-0.2, 0) is 15.3 Å². The maximum Gasteiger partial charge on any atom is 0.316 e. The Labute approximate surface area is 108 Å². The topological polar surface area (TPSA) is 72.0 Å². The highest BCUT2D eigenvalue weighted by molar-refractivity contribution is 7.99. The lowest BCUT2D eigenvalue weighted by atomic mass is 10.5. The molecule has 7 heteroatoms. The summed E-state index contributed by atoms with van der Waals surface area (Å²) in [5.41, 5.74) is 0.534. The summed E-state index contributed by atoms with van der Waals surface area (Å²) in [4.78, 5) is 29.2. The molecule has 5 nitrogen and oxygen atoms in total. The summed E-state index contributed by atoms with van der Waals surface area (Å²) in [6, 6.07) is 1.48. The standard InChI is InChI=1S/C10H14N2O3S2/c1-3-16-5-7-4-8(13)12-10(11-7)17-6-9(14)15-2/h4H,3,5-6H2,1-2H3,(H,11,12,13). The molecule has 0 spiro atoms. The quantitative estimate of drug-likeness (QED) is 0.479. The minimum Gasteiger partial charge on any atom is -0.468 e. The minimum atomic E-state index is -0.342. The molecule has 1 aromatic rings. The van der Waals surface area contributed by atoms with Crippen LogP contribution in [0.15, 0.2) is 16.0 Å². The van der Waals surface area contributed by atoms with Gasteiger partial charge in [0.1, 0.15) is 0 Å². The van der Waals surface area contributed by atoms with Crippen molar-refractivity contribution in [3.63, 3.8) is 0 Å². The van der Waals surface area contributed by atoms with E-state index in [4.69, 9.17) is 0 Å². The molecule has 1 rings (SSSR count). The Morgan fingerprint density at radius 2 is 2.35 bits per heavy atom. The fourth-order valence-electron chi connectivity index (χ4n) is 1.02. The first-order valence-corrected chi connectivity index (χ1v) is 7.17. The Hall–Kier alpha value is -0.950. The summed E-state index contributed by atoms with van der Waals surface area (Å²) in [7, 11) is 1.33. The van der Waals surface area contributed by atoms with Gasteiger partial charge in [0.2, 0.25) is 0 Å². The molecular formula is C10H14N2O3S2. The van der Waals surface area contributed by atoms with E-state index in [1.165, 1.54) is 13.2 Å². The Balaban J connectivity index is 2.68. The molecule has 0 bridgehead atoms. The van der Waals surface area contributed by atoms with E-state index in [2.05, 4.69) is 14.7 Å². The highest BCUT2D eigenvalue weighted by atomic mass is 32.2. The van der Waals surface area contributed by atoms with Crippen molar-refractivity contribution >= 4 is 29.5 Å². The van der Waals surface area contributed by atoms with E-state index < -0.39 is 0 Å². The number of carbonyl (C=O) groups excluding carboxylic acids is 1. The Bertz CT molecular complexity index is 434. The molecule has 0 aliphatic carbocycles. The summed E-state index contributed by atoms with van der Waals surface area (Å²) >= 11 is 2.86. The van der Waals surface area contributed by atoms with Gasteiger partial charge < -0.3 is 9.72 Å². The van der Waals surface area contributed by atoms with Crippen molar-refractivity contribution in [2.75, 3.05) is 18.6 Å². The van der Waals surface area contributed by atoms with Crippen molar-refractivity contribution in [3.8, 4) is 0 Å². The molecule has 1 heterocycles. The lowest BCUT2D eigenvalue weighted by Crippen LogP contribution is -2.11. The summed E-state index contributed by atoms with van der Waals surface area (Å²) in [5.74, 6) is 1.47. The first-order chi connectivity index (χ1) is 8.15. The van der Waals surface area contributed by atoms with Gasteiger partial charge in [0, 0.05) is 11.8 Å². The first-order valence-electron chi connectivity index (χ1n) is 5.03. The van der Waals surface area contributed by atoms with Gasteiger partial charge in [-0.05, 0) is 5.75 Å². The largest absolute Gasteiger partial charge is 0.468 e. The van der Waals surface area contributed by atoms with Crippen LogP contribution in [0.1, 0.15) is 12.6 Å². The zero-order valence-electron chi connectivity index (χ0n) is 9.69. The van der Waals surface area contributed by atoms with Crippen molar-refractivity contribution in [1.82, 2.24) is 9.97 Å². The summed E-state index contributed by atoms with van der Waals surface area (Å²) in [6.07, 6.45) is 0. The second kappa shape index (κ2) is 7.39. The molecule has 0 unspecified atom stereocenters. The van der Waals surface area contributed by atoms with Gasteiger partial charge in [0.15, 0.2) is 5.16 Å². The number of hydrogen-bond donors (Lipinski definition) is 1. The van der Waals surface area contributed by atoms with Crippen molar-refractivity contribution < 1.29 is 9.53 Å². The number of aromatic nitrogens is 2. The van der Waals surface area contributed by atoms with Gasteiger partial charge in [-0.2, -0.15) is 11.8 Å². The van der Waals surface area contributed by atoms with Gasteiger partial charge in [-0.15, -0.1) is 0 Å². The van der Waals surface area contributed by atoms with E-state index in [0.717, 1.165) is 23.2 Å². The van der Waals surface area contributed by atoms with E-state index in [1.54, 1.807) is 11.8 Å². The molecule has 0 saturated heterocycles. The van der Waals surface area contributed by atoms with Crippen LogP contribution in [0.3, 0.4) is 0 Å². The smallest absolute Gasteiger partial charge is 0.316 e. The fourth-order valence-corrected chi connectivity index (χ4v) is 2.31. The Kier molecular flexibility index (Phi) is 6.13. The van der Waals surface area contributed by atoms with E-state index in [0.29, 0.717) is 10.9 Å². The predicted octanol–water partition coefficient (Wildman–Crippen LogP) is 1.29. The van der Waals surface area contributed by atoms with Crippen molar-refractivity contribution in [1.29, 1.82) is 0 Å². The number of nitrogens with one attached hydrogen (secondary N) is 1. The van der Waals surface area contributed by atoms with Gasteiger partial charge in [-0.25, -0.2) is 4.98 Å². The van der Waals surface area contributed by atoms with Crippen LogP contribution >= 0.6 is 23.5 Å². The monoisotopic (exact) mass is 274 g/mol. The van der Waals surface area contributed by atoms with Crippen LogP contribution in [0.2, 0.25) is 0 Å². The lowest BCUT2D eigenvalue weighted by Gasteiger charge is -2.02. The molecule has 0 fully saturated rings. The van der Waals surface area contributed by atoms with Crippen LogP contribution in [0.4, 0.5) is 0 Å². The number of hydrogen-bond acceptors (Lipinski definition) is 6. The molecule has 0 radical (unpaired) electrons. The molecule has 0 amide bonds. The number of ether oxygens (including phenoxy) is 1. The maximum absolute atomic E-state index is 11.4. The van der Waals surface area contributed by atoms with Crippen LogP contribution in [0, 0.1) is 0 Å². The molecular weight excluding hydrogens is 260 g/mol. The summed E-state index contributed by atoms with van der Waals surface area (Å²) in [6.45, 7) is 2.05. The average molecular weight is 274 g/mol. The molecule has 0 atom stereocenters. The van der Waals surface area contributed by atoms with E-state index in [9.17, 15) is 9.59 Å². The van der Waals surface area contributed by atoms with Crippen molar-refractivity contribution in [2.24, 2.45) is 0 Å². The lowest BCUT2D eigenvalue weighted by molar-refractivity contribution is -0.137. The summed E-state index contributed by atoms with van der Waals surface area (Å²) in [5, 5.41) is 0.453. The third kappa shape index (κ3) is 5.27. The molecule has 0 aliphatic heterocycles. The number of nitrogens with zero attached hydrogens (tertiary/aromatic N) is 1. The first kappa shape index (κ1) is 14.1. The summed E-state index contributed by atoms with van der Waals surface area (Å²) < 4.78 is 4.51. The van der Waals surface area contributed by atoms with Crippen molar-refractivity contribution in [2.45, 2.75) is 17.8 Å². The second-order valence-electron chi connectivity index (χ2n) is 3.04. The van der Waals surface area contributed by atoms with Gasteiger partial charge in [0.25, 0.3) is 5.56 Å². The van der Waals surface area contributed by atoms with E-state index in [-0.39, 0.29) is 17.3 Å². The number of methoxy groups -OCH3 is 1. The van der Waals surface area contributed by atoms with Crippen LogP contribution in [-0.4, -0.2) is 34.6 Å². The highest BCUT2D eigenvalue weighted by Gasteiger charge is 2.06. The van der Waals surface area contributed by atoms with Crippen molar-refractivity contribution in [3.05, 3.63) is 22.1 Å². The van der Waals surface area contributed by atoms with Crippen LogP contribution in [0.25, 0.3) is 0 Å². The van der Waals surface area contributed by atoms with E-state index in [1.807, 2.05) is 6.92 Å². The van der Waals surface area contributed by atoms with Gasteiger partial charge in [0.05, 0.1) is 18.6 Å². The molecule has 1 N–H and O–H groups in total. The molecule has 0 saturated carbocycles. The van der Waals surface area contributed by atoms with E-state index >= 15 is 0 Å². The number of carbonyl (C=O) groups is 1. The number of esters is 1.